The second-order valence-electron chi connectivity index (χ2n) is 5.37. The van der Waals surface area contributed by atoms with Gasteiger partial charge in [0.25, 0.3) is 0 Å². The van der Waals surface area contributed by atoms with Crippen LogP contribution >= 0.6 is 0 Å². The summed E-state index contributed by atoms with van der Waals surface area (Å²) in [4.78, 5) is 13.3. The van der Waals surface area contributed by atoms with Gasteiger partial charge in [0.15, 0.2) is 0 Å². The van der Waals surface area contributed by atoms with Crippen molar-refractivity contribution in [3.05, 3.63) is 0 Å². The molecule has 15 heavy (non-hydrogen) atoms. The number of amides is 1. The molecule has 0 aromatic heterocycles. The van der Waals surface area contributed by atoms with Crippen molar-refractivity contribution in [3.63, 3.8) is 0 Å². The Morgan fingerprint density at radius 2 is 2.00 bits per heavy atom. The third-order valence-electron chi connectivity index (χ3n) is 2.63. The van der Waals surface area contributed by atoms with Crippen molar-refractivity contribution >= 4 is 6.09 Å². The Balaban J connectivity index is 2.40. The molecule has 88 valence electrons. The van der Waals surface area contributed by atoms with Crippen molar-refractivity contribution in [1.82, 2.24) is 10.2 Å². The fourth-order valence-electron chi connectivity index (χ4n) is 1.50. The first-order valence-corrected chi connectivity index (χ1v) is 5.41. The summed E-state index contributed by atoms with van der Waals surface area (Å²) in [5, 5.41) is 3.25. The van der Waals surface area contributed by atoms with E-state index >= 15 is 0 Å². The normalized spacial score (nSPS) is 18.5. The number of hydrogen-bond acceptors (Lipinski definition) is 3. The minimum absolute atomic E-state index is 0.144. The molecule has 0 unspecified atom stereocenters. The molecule has 1 fully saturated rings. The molecule has 0 bridgehead atoms. The van der Waals surface area contributed by atoms with Gasteiger partial charge in [-0.1, -0.05) is 0 Å². The third-order valence-corrected chi connectivity index (χ3v) is 2.63. The lowest BCUT2D eigenvalue weighted by molar-refractivity contribution is 0.0278. The molecular formula is C11H22N2O2. The molecule has 0 atom stereocenters. The van der Waals surface area contributed by atoms with E-state index in [1.165, 1.54) is 0 Å². The van der Waals surface area contributed by atoms with Crippen molar-refractivity contribution in [2.75, 3.05) is 20.6 Å². The maximum Gasteiger partial charge on any atom is 0.410 e. The molecule has 1 amide bonds. The molecule has 0 aromatic carbocycles. The van der Waals surface area contributed by atoms with Crippen LogP contribution in [-0.2, 0) is 4.74 Å². The van der Waals surface area contributed by atoms with E-state index in [1.807, 2.05) is 27.8 Å². The predicted octanol–water partition coefficient (Wildman–Crippen LogP) is 1.61. The topological polar surface area (TPSA) is 41.6 Å². The summed E-state index contributed by atoms with van der Waals surface area (Å²) in [6.07, 6.45) is 2.02. The molecule has 1 aliphatic rings. The molecule has 0 aromatic rings. The van der Waals surface area contributed by atoms with Gasteiger partial charge < -0.3 is 15.0 Å². The highest BCUT2D eigenvalue weighted by molar-refractivity contribution is 5.68. The lowest BCUT2D eigenvalue weighted by atomic mass is 10.2. The number of rotatable bonds is 3. The average Bonchev–Trinajstić information content (AvgIpc) is 2.82. The van der Waals surface area contributed by atoms with Crippen LogP contribution in [-0.4, -0.2) is 42.8 Å². The maximum atomic E-state index is 11.7. The Labute approximate surface area is 92.0 Å². The van der Waals surface area contributed by atoms with Gasteiger partial charge in [0.2, 0.25) is 0 Å². The highest BCUT2D eigenvalue weighted by Gasteiger charge is 2.43. The highest BCUT2D eigenvalue weighted by Crippen LogP contribution is 2.35. The summed E-state index contributed by atoms with van der Waals surface area (Å²) >= 11 is 0. The van der Waals surface area contributed by atoms with Crippen LogP contribution < -0.4 is 5.32 Å². The van der Waals surface area contributed by atoms with E-state index < -0.39 is 5.60 Å². The summed E-state index contributed by atoms with van der Waals surface area (Å²) in [5.41, 5.74) is -0.270. The Morgan fingerprint density at radius 3 is 2.33 bits per heavy atom. The van der Waals surface area contributed by atoms with Gasteiger partial charge in [-0.25, -0.2) is 4.79 Å². The minimum atomic E-state index is -0.415. The molecular weight excluding hydrogens is 192 g/mol. The first-order valence-electron chi connectivity index (χ1n) is 5.41. The molecule has 1 rings (SSSR count). The van der Waals surface area contributed by atoms with Crippen molar-refractivity contribution < 1.29 is 9.53 Å². The van der Waals surface area contributed by atoms with Crippen LogP contribution in [0.25, 0.3) is 0 Å². The van der Waals surface area contributed by atoms with Gasteiger partial charge in [0.05, 0.1) is 0 Å². The smallest absolute Gasteiger partial charge is 0.410 e. The number of nitrogens with one attached hydrogen (secondary N) is 1. The van der Waals surface area contributed by atoms with Crippen molar-refractivity contribution in [1.29, 1.82) is 0 Å². The summed E-state index contributed by atoms with van der Waals surface area (Å²) in [5.74, 6) is 0. The quantitative estimate of drug-likeness (QED) is 0.776. The first-order chi connectivity index (χ1) is 6.78. The number of nitrogens with zero attached hydrogens (tertiary/aromatic N) is 1. The Kier molecular flexibility index (Phi) is 3.28. The van der Waals surface area contributed by atoms with Gasteiger partial charge in [-0.2, -0.15) is 0 Å². The maximum absolute atomic E-state index is 11.7. The van der Waals surface area contributed by atoms with Crippen LogP contribution in [0.1, 0.15) is 33.6 Å². The SMILES string of the molecule is CNC1(CN(C)C(=O)OC(C)(C)C)CC1. The average molecular weight is 214 g/mol. The Bertz CT molecular complexity index is 241. The van der Waals surface area contributed by atoms with Gasteiger partial charge in [0.1, 0.15) is 5.60 Å². The molecule has 4 nitrogen and oxygen atoms in total. The summed E-state index contributed by atoms with van der Waals surface area (Å²) in [6.45, 7) is 6.36. The van der Waals surface area contributed by atoms with Crippen molar-refractivity contribution in [2.24, 2.45) is 0 Å². The van der Waals surface area contributed by atoms with E-state index in [-0.39, 0.29) is 11.6 Å². The van der Waals surface area contributed by atoms with Crippen molar-refractivity contribution in [2.45, 2.75) is 44.8 Å². The largest absolute Gasteiger partial charge is 0.444 e. The summed E-state index contributed by atoms with van der Waals surface area (Å²) < 4.78 is 5.28. The van der Waals surface area contributed by atoms with Gasteiger partial charge >= 0.3 is 6.09 Å². The second-order valence-corrected chi connectivity index (χ2v) is 5.37. The molecule has 1 saturated carbocycles. The fraction of sp³-hybridized carbons (Fsp3) is 0.909. The van der Waals surface area contributed by atoms with E-state index in [9.17, 15) is 4.79 Å². The Morgan fingerprint density at radius 1 is 1.47 bits per heavy atom. The van der Waals surface area contributed by atoms with E-state index in [2.05, 4.69) is 5.32 Å². The molecule has 4 heteroatoms. The number of ether oxygens (including phenoxy) is 1. The molecule has 0 spiro atoms. The first kappa shape index (κ1) is 12.3. The molecule has 1 aliphatic carbocycles. The predicted molar refractivity (Wildman–Crippen MR) is 59.9 cm³/mol. The van der Waals surface area contributed by atoms with Crippen LogP contribution in [0.15, 0.2) is 0 Å². The van der Waals surface area contributed by atoms with Gasteiger partial charge in [-0.05, 0) is 40.7 Å². The fourth-order valence-corrected chi connectivity index (χ4v) is 1.50. The molecule has 1 N–H and O–H groups in total. The van der Waals surface area contributed by atoms with E-state index in [4.69, 9.17) is 4.74 Å². The third kappa shape index (κ3) is 3.70. The van der Waals surface area contributed by atoms with Crippen LogP contribution in [0.4, 0.5) is 4.79 Å². The van der Waals surface area contributed by atoms with Gasteiger partial charge in [-0.3, -0.25) is 0 Å². The monoisotopic (exact) mass is 214 g/mol. The van der Waals surface area contributed by atoms with Gasteiger partial charge in [0, 0.05) is 19.1 Å². The number of hydrogen-bond donors (Lipinski definition) is 1. The zero-order valence-electron chi connectivity index (χ0n) is 10.4. The van der Waals surface area contributed by atoms with E-state index in [0.29, 0.717) is 0 Å². The van der Waals surface area contributed by atoms with Gasteiger partial charge in [-0.15, -0.1) is 0 Å². The van der Waals surface area contributed by atoms with E-state index in [1.54, 1.807) is 11.9 Å². The van der Waals surface area contributed by atoms with E-state index in [0.717, 1.165) is 19.4 Å². The number of carbonyl (C=O) groups excluding carboxylic acids is 1. The zero-order chi connectivity index (χ0) is 11.7. The molecule has 0 heterocycles. The highest BCUT2D eigenvalue weighted by atomic mass is 16.6. The van der Waals surface area contributed by atoms with Crippen LogP contribution in [0.5, 0.6) is 0 Å². The lowest BCUT2D eigenvalue weighted by Gasteiger charge is -2.27. The standard InChI is InChI=1S/C11H22N2O2/c1-10(2,3)15-9(14)13(5)8-11(12-4)6-7-11/h12H,6-8H2,1-5H3. The lowest BCUT2D eigenvalue weighted by Crippen LogP contribution is -2.44. The number of carbonyl (C=O) groups is 1. The molecule has 0 aliphatic heterocycles. The number of likely N-dealkylation sites (N-methyl/N-ethyl adjacent to an activating group) is 2. The summed E-state index contributed by atoms with van der Waals surface area (Å²) in [6, 6.07) is 0. The summed E-state index contributed by atoms with van der Waals surface area (Å²) in [7, 11) is 3.72. The zero-order valence-corrected chi connectivity index (χ0v) is 10.4. The second kappa shape index (κ2) is 4.00. The van der Waals surface area contributed by atoms with Crippen LogP contribution in [0.2, 0.25) is 0 Å². The Hall–Kier alpha value is -0.770. The van der Waals surface area contributed by atoms with Crippen molar-refractivity contribution in [3.8, 4) is 0 Å². The van der Waals surface area contributed by atoms with Crippen LogP contribution in [0.3, 0.4) is 0 Å². The van der Waals surface area contributed by atoms with Crippen LogP contribution in [0, 0.1) is 0 Å². The molecule has 0 saturated heterocycles. The molecule has 0 radical (unpaired) electrons. The minimum Gasteiger partial charge on any atom is -0.444 e.